The van der Waals surface area contributed by atoms with Crippen molar-refractivity contribution in [2.75, 3.05) is 25.5 Å². The van der Waals surface area contributed by atoms with Gasteiger partial charge in [-0.1, -0.05) is 6.92 Å². The molecule has 1 aliphatic heterocycles. The minimum atomic E-state index is -0.471. The average molecular weight is 277 g/mol. The number of nitrogens with zero attached hydrogens (tertiary/aromatic N) is 2. The molecule has 1 amide bonds. The molecule has 1 saturated heterocycles. The van der Waals surface area contributed by atoms with Crippen molar-refractivity contribution < 1.29 is 9.72 Å². The van der Waals surface area contributed by atoms with Crippen LogP contribution in [0.2, 0.25) is 0 Å². The number of hydrogen-bond donors (Lipinski definition) is 1. The Kier molecular flexibility index (Phi) is 4.22. The fourth-order valence-corrected chi connectivity index (χ4v) is 2.42. The van der Waals surface area contributed by atoms with Crippen LogP contribution in [0.1, 0.15) is 30.1 Å². The van der Waals surface area contributed by atoms with Gasteiger partial charge in [0, 0.05) is 31.8 Å². The summed E-state index contributed by atoms with van der Waals surface area (Å²) in [7, 11) is 1.62. The quantitative estimate of drug-likeness (QED) is 0.680. The molecule has 0 atom stereocenters. The van der Waals surface area contributed by atoms with E-state index in [9.17, 15) is 14.9 Å². The van der Waals surface area contributed by atoms with Gasteiger partial charge in [-0.25, -0.2) is 0 Å². The monoisotopic (exact) mass is 277 g/mol. The summed E-state index contributed by atoms with van der Waals surface area (Å²) in [5.41, 5.74) is 0.729. The second-order valence-corrected chi connectivity index (χ2v) is 5.21. The van der Waals surface area contributed by atoms with E-state index in [-0.39, 0.29) is 11.6 Å². The first kappa shape index (κ1) is 14.3. The summed E-state index contributed by atoms with van der Waals surface area (Å²) in [4.78, 5) is 24.7. The Morgan fingerprint density at radius 2 is 2.05 bits per heavy atom. The van der Waals surface area contributed by atoms with E-state index >= 15 is 0 Å². The molecule has 1 fully saturated rings. The first-order valence-electron chi connectivity index (χ1n) is 6.78. The summed E-state index contributed by atoms with van der Waals surface area (Å²) in [6.07, 6.45) is 1.98. The molecule has 1 aromatic rings. The number of nitrogens with one attached hydrogen (secondary N) is 1. The Morgan fingerprint density at radius 1 is 1.40 bits per heavy atom. The van der Waals surface area contributed by atoms with E-state index < -0.39 is 4.92 Å². The van der Waals surface area contributed by atoms with Gasteiger partial charge in [-0.15, -0.1) is 0 Å². The van der Waals surface area contributed by atoms with Crippen molar-refractivity contribution in [3.05, 3.63) is 33.9 Å². The standard InChI is InChI=1S/C14H19N3O3/c1-10-5-7-16(8-6-10)14(18)11-3-4-12(15-2)13(9-11)17(19)20/h3-4,9-10,15H,5-8H2,1-2H3. The fraction of sp³-hybridized carbons (Fsp3) is 0.500. The highest BCUT2D eigenvalue weighted by Gasteiger charge is 2.23. The van der Waals surface area contributed by atoms with E-state index in [4.69, 9.17) is 0 Å². The molecule has 0 unspecified atom stereocenters. The number of carbonyl (C=O) groups is 1. The predicted molar refractivity (Wildman–Crippen MR) is 76.9 cm³/mol. The van der Waals surface area contributed by atoms with E-state index in [0.717, 1.165) is 25.9 Å². The molecular formula is C14H19N3O3. The van der Waals surface area contributed by atoms with Crippen LogP contribution in [0.5, 0.6) is 0 Å². The van der Waals surface area contributed by atoms with E-state index in [2.05, 4.69) is 12.2 Å². The Balaban J connectivity index is 2.22. The van der Waals surface area contributed by atoms with Crippen LogP contribution in [-0.4, -0.2) is 35.9 Å². The van der Waals surface area contributed by atoms with Gasteiger partial charge in [0.05, 0.1) is 4.92 Å². The Hall–Kier alpha value is -2.11. The van der Waals surface area contributed by atoms with Gasteiger partial charge >= 0.3 is 0 Å². The number of amides is 1. The maximum Gasteiger partial charge on any atom is 0.293 e. The SMILES string of the molecule is CNc1ccc(C(=O)N2CCC(C)CC2)cc1[N+](=O)[O-]. The third-order valence-electron chi connectivity index (χ3n) is 3.78. The normalized spacial score (nSPS) is 16.0. The van der Waals surface area contributed by atoms with E-state index in [0.29, 0.717) is 17.2 Å². The van der Waals surface area contributed by atoms with Crippen LogP contribution < -0.4 is 5.32 Å². The highest BCUT2D eigenvalue weighted by molar-refractivity contribution is 5.95. The fourth-order valence-electron chi connectivity index (χ4n) is 2.42. The number of benzene rings is 1. The van der Waals surface area contributed by atoms with E-state index in [1.807, 2.05) is 0 Å². The third-order valence-corrected chi connectivity index (χ3v) is 3.78. The minimum absolute atomic E-state index is 0.0660. The minimum Gasteiger partial charge on any atom is -0.383 e. The molecule has 0 bridgehead atoms. The van der Waals surface area contributed by atoms with Crippen molar-refractivity contribution in [3.63, 3.8) is 0 Å². The highest BCUT2D eigenvalue weighted by Crippen LogP contribution is 2.26. The number of nitro groups is 1. The molecule has 6 nitrogen and oxygen atoms in total. The van der Waals surface area contributed by atoms with Crippen LogP contribution in [0.15, 0.2) is 18.2 Å². The van der Waals surface area contributed by atoms with Gasteiger partial charge in [0.25, 0.3) is 11.6 Å². The van der Waals surface area contributed by atoms with Crippen LogP contribution >= 0.6 is 0 Å². The summed E-state index contributed by atoms with van der Waals surface area (Å²) in [5.74, 6) is 0.516. The molecular weight excluding hydrogens is 258 g/mol. The molecule has 0 aromatic heterocycles. The zero-order chi connectivity index (χ0) is 14.7. The molecule has 0 saturated carbocycles. The number of rotatable bonds is 3. The van der Waals surface area contributed by atoms with Gasteiger partial charge in [-0.05, 0) is 30.9 Å². The topological polar surface area (TPSA) is 75.5 Å². The molecule has 108 valence electrons. The second kappa shape index (κ2) is 5.90. The van der Waals surface area contributed by atoms with E-state index in [1.165, 1.54) is 6.07 Å². The lowest BCUT2D eigenvalue weighted by Crippen LogP contribution is -2.37. The van der Waals surface area contributed by atoms with Crippen LogP contribution in [0, 0.1) is 16.0 Å². The number of hydrogen-bond acceptors (Lipinski definition) is 4. The zero-order valence-electron chi connectivity index (χ0n) is 11.8. The Labute approximate surface area is 117 Å². The molecule has 0 spiro atoms. The number of carbonyl (C=O) groups excluding carboxylic acids is 1. The van der Waals surface area contributed by atoms with Gasteiger partial charge in [0.1, 0.15) is 5.69 Å². The highest BCUT2D eigenvalue weighted by atomic mass is 16.6. The van der Waals surface area contributed by atoms with Gasteiger partial charge in [-0.3, -0.25) is 14.9 Å². The van der Waals surface area contributed by atoms with Crippen LogP contribution in [0.4, 0.5) is 11.4 Å². The van der Waals surface area contributed by atoms with Gasteiger partial charge in [0.15, 0.2) is 0 Å². The molecule has 1 N–H and O–H groups in total. The van der Waals surface area contributed by atoms with Crippen LogP contribution in [-0.2, 0) is 0 Å². The van der Waals surface area contributed by atoms with Crippen molar-refractivity contribution >= 4 is 17.3 Å². The molecule has 1 heterocycles. The van der Waals surface area contributed by atoms with Crippen molar-refractivity contribution in [3.8, 4) is 0 Å². The number of likely N-dealkylation sites (tertiary alicyclic amines) is 1. The largest absolute Gasteiger partial charge is 0.383 e. The molecule has 2 rings (SSSR count). The summed E-state index contributed by atoms with van der Waals surface area (Å²) >= 11 is 0. The van der Waals surface area contributed by atoms with Crippen molar-refractivity contribution in [2.24, 2.45) is 5.92 Å². The number of anilines is 1. The summed E-state index contributed by atoms with van der Waals surface area (Å²) in [6, 6.07) is 4.57. The lowest BCUT2D eigenvalue weighted by Gasteiger charge is -2.30. The molecule has 0 radical (unpaired) electrons. The van der Waals surface area contributed by atoms with E-state index in [1.54, 1.807) is 24.1 Å². The molecule has 6 heteroatoms. The molecule has 1 aromatic carbocycles. The summed E-state index contributed by atoms with van der Waals surface area (Å²) < 4.78 is 0. The zero-order valence-corrected chi connectivity index (χ0v) is 11.8. The second-order valence-electron chi connectivity index (χ2n) is 5.21. The molecule has 1 aliphatic rings. The maximum absolute atomic E-state index is 12.4. The number of nitro benzene ring substituents is 1. The third kappa shape index (κ3) is 2.89. The summed E-state index contributed by atoms with van der Waals surface area (Å²) in [6.45, 7) is 3.62. The summed E-state index contributed by atoms with van der Waals surface area (Å²) in [5, 5.41) is 13.8. The smallest absolute Gasteiger partial charge is 0.293 e. The molecule has 20 heavy (non-hydrogen) atoms. The first-order chi connectivity index (χ1) is 9.52. The first-order valence-corrected chi connectivity index (χ1v) is 6.78. The van der Waals surface area contributed by atoms with Gasteiger partial charge in [-0.2, -0.15) is 0 Å². The van der Waals surface area contributed by atoms with Crippen molar-refractivity contribution in [1.29, 1.82) is 0 Å². The lowest BCUT2D eigenvalue weighted by molar-refractivity contribution is -0.384. The average Bonchev–Trinajstić information content (AvgIpc) is 2.46. The maximum atomic E-state index is 12.4. The van der Waals surface area contributed by atoms with Gasteiger partial charge in [0.2, 0.25) is 0 Å². The van der Waals surface area contributed by atoms with Crippen molar-refractivity contribution in [1.82, 2.24) is 4.90 Å². The van der Waals surface area contributed by atoms with Crippen LogP contribution in [0.25, 0.3) is 0 Å². The number of piperidine rings is 1. The Morgan fingerprint density at radius 3 is 2.60 bits per heavy atom. The molecule has 0 aliphatic carbocycles. The lowest BCUT2D eigenvalue weighted by atomic mass is 9.98. The van der Waals surface area contributed by atoms with Crippen LogP contribution in [0.3, 0.4) is 0 Å². The van der Waals surface area contributed by atoms with Crippen molar-refractivity contribution in [2.45, 2.75) is 19.8 Å². The van der Waals surface area contributed by atoms with Gasteiger partial charge < -0.3 is 10.2 Å². The Bertz CT molecular complexity index is 522. The predicted octanol–water partition coefficient (Wildman–Crippen LogP) is 2.51.